The Morgan fingerprint density at radius 3 is 2.64 bits per heavy atom. The summed E-state index contributed by atoms with van der Waals surface area (Å²) < 4.78 is 4.53. The Morgan fingerprint density at radius 2 is 2.29 bits per heavy atom. The van der Waals surface area contributed by atoms with Gasteiger partial charge in [-0.1, -0.05) is 26.0 Å². The van der Waals surface area contributed by atoms with E-state index in [2.05, 4.69) is 11.3 Å². The monoisotopic (exact) mass is 198 g/mol. The molecule has 0 amide bonds. The van der Waals surface area contributed by atoms with E-state index in [1.807, 2.05) is 13.8 Å². The Labute approximate surface area is 84.8 Å². The van der Waals surface area contributed by atoms with Crippen LogP contribution in [0.2, 0.25) is 0 Å². The van der Waals surface area contributed by atoms with Crippen LogP contribution in [0, 0.1) is 11.3 Å². The molecule has 2 unspecified atom stereocenters. The first kappa shape index (κ1) is 11.2. The van der Waals surface area contributed by atoms with Crippen LogP contribution in [-0.2, 0) is 9.53 Å². The summed E-state index contributed by atoms with van der Waals surface area (Å²) in [5, 5.41) is 9.76. The summed E-state index contributed by atoms with van der Waals surface area (Å²) in [6, 6.07) is 0. The third-order valence-electron chi connectivity index (χ3n) is 3.42. The van der Waals surface area contributed by atoms with Crippen molar-refractivity contribution in [1.29, 1.82) is 0 Å². The highest BCUT2D eigenvalue weighted by Crippen LogP contribution is 2.47. The first-order valence-electron chi connectivity index (χ1n) is 4.85. The second kappa shape index (κ2) is 3.73. The van der Waals surface area contributed by atoms with Crippen molar-refractivity contribution in [3.05, 3.63) is 12.2 Å². The third kappa shape index (κ3) is 1.69. The molecule has 3 heteroatoms. The van der Waals surface area contributed by atoms with Gasteiger partial charge in [-0.2, -0.15) is 0 Å². The van der Waals surface area contributed by atoms with Crippen molar-refractivity contribution < 1.29 is 14.6 Å². The fraction of sp³-hybridized carbons (Fsp3) is 0.727. The zero-order chi connectivity index (χ0) is 10.9. The van der Waals surface area contributed by atoms with E-state index in [4.69, 9.17) is 0 Å². The van der Waals surface area contributed by atoms with Crippen LogP contribution in [0.15, 0.2) is 12.2 Å². The average Bonchev–Trinajstić information content (AvgIpc) is 2.40. The quantitative estimate of drug-likeness (QED) is 0.540. The number of allylic oxidation sites excluding steroid dienone is 1. The number of carbonyl (C=O) groups is 1. The molecule has 80 valence electrons. The van der Waals surface area contributed by atoms with Gasteiger partial charge in [0.2, 0.25) is 0 Å². The predicted octanol–water partition coefficient (Wildman–Crippen LogP) is 1.51. The van der Waals surface area contributed by atoms with Crippen molar-refractivity contribution in [2.24, 2.45) is 11.3 Å². The van der Waals surface area contributed by atoms with Gasteiger partial charge in [-0.15, -0.1) is 0 Å². The molecule has 0 aromatic carbocycles. The topological polar surface area (TPSA) is 46.5 Å². The van der Waals surface area contributed by atoms with E-state index in [9.17, 15) is 9.90 Å². The van der Waals surface area contributed by atoms with Crippen LogP contribution < -0.4 is 0 Å². The lowest BCUT2D eigenvalue weighted by atomic mass is 9.76. The lowest BCUT2D eigenvalue weighted by Crippen LogP contribution is -2.36. The van der Waals surface area contributed by atoms with Crippen molar-refractivity contribution in [2.75, 3.05) is 7.11 Å². The second-order valence-electron chi connectivity index (χ2n) is 4.44. The number of hydrogen-bond donors (Lipinski definition) is 1. The molecule has 1 fully saturated rings. The minimum atomic E-state index is -1.02. The molecule has 0 spiro atoms. The number of esters is 1. The molecule has 0 radical (unpaired) electrons. The van der Waals surface area contributed by atoms with Gasteiger partial charge in [0.05, 0.1) is 7.11 Å². The van der Waals surface area contributed by atoms with E-state index in [-0.39, 0.29) is 11.3 Å². The number of hydrogen-bond acceptors (Lipinski definition) is 3. The molecule has 2 atom stereocenters. The normalized spacial score (nSPS) is 27.4. The van der Waals surface area contributed by atoms with Crippen LogP contribution >= 0.6 is 0 Å². The van der Waals surface area contributed by atoms with Gasteiger partial charge in [0, 0.05) is 5.92 Å². The lowest BCUT2D eigenvalue weighted by molar-refractivity contribution is -0.155. The zero-order valence-corrected chi connectivity index (χ0v) is 9.04. The molecule has 0 bridgehead atoms. The number of aliphatic hydroxyl groups is 1. The van der Waals surface area contributed by atoms with Gasteiger partial charge in [-0.25, -0.2) is 4.79 Å². The van der Waals surface area contributed by atoms with E-state index in [1.54, 1.807) is 0 Å². The maximum absolute atomic E-state index is 11.2. The number of ether oxygens (including phenoxy) is 1. The highest BCUT2D eigenvalue weighted by Gasteiger charge is 2.44. The molecular weight excluding hydrogens is 180 g/mol. The number of methoxy groups -OCH3 is 1. The molecule has 1 aliphatic rings. The minimum absolute atomic E-state index is 0.0672. The van der Waals surface area contributed by atoms with Gasteiger partial charge in [0.1, 0.15) is 0 Å². The first-order chi connectivity index (χ1) is 6.41. The first-order valence-corrected chi connectivity index (χ1v) is 4.85. The van der Waals surface area contributed by atoms with Gasteiger partial charge < -0.3 is 9.84 Å². The maximum Gasteiger partial charge on any atom is 0.335 e. The number of aliphatic hydroxyl groups excluding tert-OH is 1. The predicted molar refractivity (Wildman–Crippen MR) is 53.7 cm³/mol. The molecule has 1 saturated carbocycles. The molecule has 14 heavy (non-hydrogen) atoms. The highest BCUT2D eigenvalue weighted by molar-refractivity contribution is 5.74. The van der Waals surface area contributed by atoms with Gasteiger partial charge in [0.25, 0.3) is 0 Å². The molecule has 1 rings (SSSR count). The van der Waals surface area contributed by atoms with Gasteiger partial charge >= 0.3 is 5.97 Å². The Balaban J connectivity index is 2.79. The molecule has 1 N–H and O–H groups in total. The SMILES string of the molecule is C=C1CCC(C(O)C(=O)OC)C1(C)C. The minimum Gasteiger partial charge on any atom is -0.467 e. The van der Waals surface area contributed by atoms with Crippen molar-refractivity contribution in [3.63, 3.8) is 0 Å². The summed E-state index contributed by atoms with van der Waals surface area (Å²) in [4.78, 5) is 11.2. The van der Waals surface area contributed by atoms with Crippen LogP contribution in [0.4, 0.5) is 0 Å². The summed E-state index contributed by atoms with van der Waals surface area (Å²) >= 11 is 0. The largest absolute Gasteiger partial charge is 0.467 e. The Hall–Kier alpha value is -0.830. The second-order valence-corrected chi connectivity index (χ2v) is 4.44. The summed E-state index contributed by atoms with van der Waals surface area (Å²) in [6.07, 6.45) is 0.669. The number of rotatable bonds is 2. The van der Waals surface area contributed by atoms with Crippen LogP contribution in [0.3, 0.4) is 0 Å². The average molecular weight is 198 g/mol. The maximum atomic E-state index is 11.2. The van der Waals surface area contributed by atoms with Gasteiger partial charge in [-0.3, -0.25) is 0 Å². The molecule has 0 aromatic heterocycles. The van der Waals surface area contributed by atoms with E-state index in [0.717, 1.165) is 18.4 Å². The van der Waals surface area contributed by atoms with E-state index in [1.165, 1.54) is 7.11 Å². The van der Waals surface area contributed by atoms with Crippen molar-refractivity contribution in [1.82, 2.24) is 0 Å². The van der Waals surface area contributed by atoms with Crippen LogP contribution in [0.1, 0.15) is 26.7 Å². The number of carbonyl (C=O) groups excluding carboxylic acids is 1. The molecule has 1 aliphatic carbocycles. The zero-order valence-electron chi connectivity index (χ0n) is 9.04. The van der Waals surface area contributed by atoms with E-state index in [0.29, 0.717) is 0 Å². The molecule has 3 nitrogen and oxygen atoms in total. The Bertz CT molecular complexity index is 255. The summed E-state index contributed by atoms with van der Waals surface area (Å²) in [6.45, 7) is 7.99. The van der Waals surface area contributed by atoms with Crippen molar-refractivity contribution >= 4 is 5.97 Å². The highest BCUT2D eigenvalue weighted by atomic mass is 16.5. The summed E-state index contributed by atoms with van der Waals surface area (Å²) in [7, 11) is 1.29. The van der Waals surface area contributed by atoms with Crippen LogP contribution in [0.5, 0.6) is 0 Å². The molecule has 0 heterocycles. The van der Waals surface area contributed by atoms with E-state index >= 15 is 0 Å². The summed E-state index contributed by atoms with van der Waals surface area (Å²) in [5.41, 5.74) is 0.929. The molecule has 0 aliphatic heterocycles. The molecular formula is C11H18O3. The Kier molecular flexibility index (Phi) is 3.00. The third-order valence-corrected chi connectivity index (χ3v) is 3.42. The molecule has 0 aromatic rings. The van der Waals surface area contributed by atoms with Crippen molar-refractivity contribution in [3.8, 4) is 0 Å². The van der Waals surface area contributed by atoms with Gasteiger partial charge in [0.15, 0.2) is 6.10 Å². The summed E-state index contributed by atoms with van der Waals surface area (Å²) in [5.74, 6) is -0.611. The smallest absolute Gasteiger partial charge is 0.335 e. The fourth-order valence-corrected chi connectivity index (χ4v) is 2.11. The van der Waals surface area contributed by atoms with Gasteiger partial charge in [-0.05, 0) is 18.3 Å². The lowest BCUT2D eigenvalue weighted by Gasteiger charge is -2.30. The van der Waals surface area contributed by atoms with E-state index < -0.39 is 12.1 Å². The van der Waals surface area contributed by atoms with Crippen molar-refractivity contribution in [2.45, 2.75) is 32.8 Å². The molecule has 0 saturated heterocycles. The standard InChI is InChI=1S/C11H18O3/c1-7-5-6-8(11(7,2)3)9(12)10(13)14-4/h8-9,12H,1,5-6H2,2-4H3. The Morgan fingerprint density at radius 1 is 1.71 bits per heavy atom. The van der Waals surface area contributed by atoms with Crippen LogP contribution in [0.25, 0.3) is 0 Å². The fourth-order valence-electron chi connectivity index (χ4n) is 2.11. The van der Waals surface area contributed by atoms with Crippen LogP contribution in [-0.4, -0.2) is 24.3 Å².